The van der Waals surface area contributed by atoms with Crippen molar-refractivity contribution in [3.63, 3.8) is 0 Å². The van der Waals surface area contributed by atoms with Gasteiger partial charge in [0.2, 0.25) is 12.0 Å². The zero-order chi connectivity index (χ0) is 34.2. The molecule has 4 aliphatic rings. The quantitative estimate of drug-likeness (QED) is 0.181. The number of aliphatic hydroxyl groups is 4. The second-order valence-electron chi connectivity index (χ2n) is 11.3. The number of allylic oxidation sites excluding steroid dienone is 1. The first-order valence-electron chi connectivity index (χ1n) is 14.7. The van der Waals surface area contributed by atoms with Crippen LogP contribution in [0.4, 0.5) is 0 Å². The summed E-state index contributed by atoms with van der Waals surface area (Å²) in [6.45, 7) is 0.423. The molecule has 0 radical (unpaired) electrons. The highest BCUT2D eigenvalue weighted by molar-refractivity contribution is 6.14. The van der Waals surface area contributed by atoms with Crippen LogP contribution >= 0.6 is 0 Å². The van der Waals surface area contributed by atoms with Crippen LogP contribution in [0.2, 0.25) is 0 Å². The molecule has 4 heterocycles. The topological polar surface area (TPSA) is 246 Å². The Balaban J connectivity index is 1.20. The maximum absolute atomic E-state index is 12.2. The Kier molecular flexibility index (Phi) is 8.89. The fourth-order valence-corrected chi connectivity index (χ4v) is 5.72. The fourth-order valence-electron chi connectivity index (χ4n) is 5.72. The number of carboxylic acids is 1. The van der Waals surface area contributed by atoms with Crippen molar-refractivity contribution in [2.45, 2.75) is 49.1 Å². The molecular formula is C32H32N4O12. The lowest BCUT2D eigenvalue weighted by Crippen LogP contribution is -2.69. The largest absolute Gasteiger partial charge is 0.507 e. The maximum Gasteiger partial charge on any atom is 0.336 e. The molecule has 2 aromatic carbocycles. The number of aromatic hydroxyl groups is 1. The van der Waals surface area contributed by atoms with Crippen molar-refractivity contribution >= 4 is 35.3 Å². The first-order chi connectivity index (χ1) is 23.0. The molecule has 16 nitrogen and oxygen atoms in total. The summed E-state index contributed by atoms with van der Waals surface area (Å²) in [5.74, 6) is -2.45. The Morgan fingerprint density at radius 2 is 1.94 bits per heavy atom. The molecule has 1 fully saturated rings. The van der Waals surface area contributed by atoms with Crippen molar-refractivity contribution < 1.29 is 59.1 Å². The van der Waals surface area contributed by atoms with Crippen LogP contribution in [0.15, 0.2) is 63.5 Å². The molecule has 1 saturated heterocycles. The number of nitrogens with zero attached hydrogens (tertiary/aromatic N) is 3. The molecule has 0 spiro atoms. The van der Waals surface area contributed by atoms with Crippen LogP contribution in [0.3, 0.4) is 0 Å². The first-order valence-corrected chi connectivity index (χ1v) is 14.7. The van der Waals surface area contributed by atoms with E-state index in [2.05, 4.69) is 15.0 Å². The van der Waals surface area contributed by atoms with Gasteiger partial charge in [-0.15, -0.1) is 0 Å². The highest BCUT2D eigenvalue weighted by Crippen LogP contribution is 2.51. The van der Waals surface area contributed by atoms with Gasteiger partial charge in [0.05, 0.1) is 20.3 Å². The van der Waals surface area contributed by atoms with E-state index >= 15 is 0 Å². The molecule has 4 aliphatic heterocycles. The number of benzene rings is 2. The minimum atomic E-state index is -2.49. The lowest BCUT2D eigenvalue weighted by Gasteiger charge is -2.46. The second kappa shape index (κ2) is 13.1. The monoisotopic (exact) mass is 664 g/mol. The average molecular weight is 665 g/mol. The van der Waals surface area contributed by atoms with E-state index in [1.54, 1.807) is 36.4 Å². The summed E-state index contributed by atoms with van der Waals surface area (Å²) in [6.07, 6.45) is -2.76. The number of carboxylic acid groups (broad SMARTS) is 1. The number of rotatable bonds is 11. The third-order valence-electron chi connectivity index (χ3n) is 8.13. The number of methoxy groups -OCH3 is 1. The SMILES string of the molecule is COc1c(OC2OC(C(=O)O)C(O)(CC3=NC=NC3)C(O)C2O)cc2c(c1O)C(O)=CC(c1ccc(OCCC3=NC(=N)C=C3)cc1)O2. The van der Waals surface area contributed by atoms with Gasteiger partial charge < -0.3 is 54.3 Å². The number of amidine groups is 1. The summed E-state index contributed by atoms with van der Waals surface area (Å²) in [6, 6.07) is 8.12. The molecule has 0 saturated carbocycles. The van der Waals surface area contributed by atoms with Crippen molar-refractivity contribution in [1.29, 1.82) is 5.41 Å². The molecule has 0 aliphatic carbocycles. The number of fused-ring (bicyclic) bond motifs is 1. The molecule has 48 heavy (non-hydrogen) atoms. The van der Waals surface area contributed by atoms with E-state index in [0.29, 0.717) is 24.3 Å². The molecule has 16 heteroatoms. The predicted molar refractivity (Wildman–Crippen MR) is 169 cm³/mol. The number of hydrogen-bond donors (Lipinski definition) is 7. The van der Waals surface area contributed by atoms with Crippen LogP contribution in [0.1, 0.15) is 30.1 Å². The zero-order valence-corrected chi connectivity index (χ0v) is 25.4. The Morgan fingerprint density at radius 1 is 1.17 bits per heavy atom. The van der Waals surface area contributed by atoms with Gasteiger partial charge in [0, 0.05) is 36.4 Å². The third-order valence-corrected chi connectivity index (χ3v) is 8.13. The Labute approximate surface area is 272 Å². The molecule has 6 rings (SSSR count). The second-order valence-corrected chi connectivity index (χ2v) is 11.3. The standard InChI is InChI=1S/C32H32N4O12/c1-44-27-22(47-31-26(39)28(40)32(43,29(48-31)30(41)42)12-17-13-34-14-35-17)11-21-24(25(27)38)19(37)10-20(46-21)15-2-5-18(6-3-15)45-9-8-16-4-7-23(33)36-16/h2-7,10-11,14,20,26,28-29,31,33,37-40,43H,8-9,12-13H2,1H3,(H,41,42). The van der Waals surface area contributed by atoms with Crippen molar-refractivity contribution in [2.24, 2.45) is 15.0 Å². The predicted octanol–water partition coefficient (Wildman–Crippen LogP) is 1.70. The van der Waals surface area contributed by atoms with Gasteiger partial charge in [-0.1, -0.05) is 12.1 Å². The summed E-state index contributed by atoms with van der Waals surface area (Å²) >= 11 is 0. The van der Waals surface area contributed by atoms with Gasteiger partial charge in [-0.3, -0.25) is 10.4 Å². The molecule has 0 amide bonds. The Morgan fingerprint density at radius 3 is 2.58 bits per heavy atom. The van der Waals surface area contributed by atoms with E-state index in [9.17, 15) is 35.4 Å². The van der Waals surface area contributed by atoms with Crippen molar-refractivity contribution in [2.75, 3.05) is 20.3 Å². The van der Waals surface area contributed by atoms with Crippen molar-refractivity contribution in [1.82, 2.24) is 0 Å². The highest BCUT2D eigenvalue weighted by atomic mass is 16.7. The van der Waals surface area contributed by atoms with Gasteiger partial charge in [-0.2, -0.15) is 0 Å². The van der Waals surface area contributed by atoms with E-state index in [4.69, 9.17) is 29.1 Å². The minimum absolute atomic E-state index is 0.0547. The van der Waals surface area contributed by atoms with Gasteiger partial charge in [0.25, 0.3) is 0 Å². The lowest BCUT2D eigenvalue weighted by atomic mass is 9.80. The summed E-state index contributed by atoms with van der Waals surface area (Å²) in [7, 11) is 1.20. The minimum Gasteiger partial charge on any atom is -0.507 e. The van der Waals surface area contributed by atoms with Crippen LogP contribution in [-0.2, 0) is 9.53 Å². The normalized spacial score (nSPS) is 27.5. The Hall–Kier alpha value is -5.29. The summed E-state index contributed by atoms with van der Waals surface area (Å²) in [5.41, 5.74) is -0.959. The van der Waals surface area contributed by atoms with Gasteiger partial charge in [-0.05, 0) is 29.8 Å². The number of carbonyl (C=O) groups is 1. The molecule has 0 aromatic heterocycles. The lowest BCUT2D eigenvalue weighted by molar-refractivity contribution is -0.303. The number of nitrogens with one attached hydrogen (secondary N) is 1. The zero-order valence-electron chi connectivity index (χ0n) is 25.4. The molecule has 6 unspecified atom stereocenters. The number of ether oxygens (including phenoxy) is 5. The average Bonchev–Trinajstić information content (AvgIpc) is 3.72. The molecular weight excluding hydrogens is 632 g/mol. The first kappa shape index (κ1) is 32.6. The number of aliphatic carboxylic acids is 1. The van der Waals surface area contributed by atoms with E-state index in [0.717, 1.165) is 5.71 Å². The van der Waals surface area contributed by atoms with Crippen LogP contribution in [-0.4, -0.2) is 111 Å². The number of phenolic OH excluding ortho intramolecular Hbond substituents is 1. The summed E-state index contributed by atoms with van der Waals surface area (Å²) in [5, 5.41) is 72.4. The fraction of sp³-hybridized carbons (Fsp3) is 0.344. The number of phenols is 1. The van der Waals surface area contributed by atoms with Crippen LogP contribution in [0.5, 0.6) is 28.7 Å². The van der Waals surface area contributed by atoms with Crippen molar-refractivity contribution in [3.05, 3.63) is 59.7 Å². The van der Waals surface area contributed by atoms with E-state index < -0.39 is 54.4 Å². The highest BCUT2D eigenvalue weighted by Gasteiger charge is 2.59. The van der Waals surface area contributed by atoms with Crippen molar-refractivity contribution in [3.8, 4) is 28.7 Å². The third kappa shape index (κ3) is 6.21. The van der Waals surface area contributed by atoms with E-state index in [-0.39, 0.29) is 46.7 Å². The number of aliphatic imine (C=N–C) groups is 3. The molecule has 6 atom stereocenters. The van der Waals surface area contributed by atoms with Crippen LogP contribution in [0, 0.1) is 5.41 Å². The number of hydrogen-bond acceptors (Lipinski definition) is 14. The van der Waals surface area contributed by atoms with Crippen LogP contribution in [0.25, 0.3) is 5.76 Å². The van der Waals surface area contributed by atoms with Gasteiger partial charge in [0.15, 0.2) is 17.6 Å². The van der Waals surface area contributed by atoms with Crippen LogP contribution < -0.4 is 18.9 Å². The van der Waals surface area contributed by atoms with Gasteiger partial charge in [-0.25, -0.2) is 14.8 Å². The van der Waals surface area contributed by atoms with Gasteiger partial charge >= 0.3 is 5.97 Å². The smallest absolute Gasteiger partial charge is 0.336 e. The van der Waals surface area contributed by atoms with Gasteiger partial charge in [0.1, 0.15) is 58.9 Å². The van der Waals surface area contributed by atoms with E-state index in [1.165, 1.54) is 25.6 Å². The molecule has 252 valence electrons. The summed E-state index contributed by atoms with van der Waals surface area (Å²) in [4.78, 5) is 24.1. The van der Waals surface area contributed by atoms with E-state index in [1.807, 2.05) is 0 Å². The Bertz CT molecular complexity index is 1770. The molecule has 2 aromatic rings. The summed E-state index contributed by atoms with van der Waals surface area (Å²) < 4.78 is 28.4. The molecule has 7 N–H and O–H groups in total. The maximum atomic E-state index is 12.2. The molecule has 0 bridgehead atoms. The number of aliphatic hydroxyl groups excluding tert-OH is 3.